The Labute approximate surface area is 121 Å². The van der Waals surface area contributed by atoms with Gasteiger partial charge in [-0.15, -0.1) is 0 Å². The molecule has 6 nitrogen and oxygen atoms in total. The van der Waals surface area contributed by atoms with E-state index in [0.29, 0.717) is 32.0 Å². The summed E-state index contributed by atoms with van der Waals surface area (Å²) in [7, 11) is -3.15. The number of amides is 1. The van der Waals surface area contributed by atoms with Gasteiger partial charge in [0.05, 0.1) is 6.26 Å². The van der Waals surface area contributed by atoms with Crippen molar-refractivity contribution in [2.45, 2.75) is 44.7 Å². The Morgan fingerprint density at radius 1 is 1.25 bits per heavy atom. The van der Waals surface area contributed by atoms with E-state index in [0.717, 1.165) is 19.4 Å². The van der Waals surface area contributed by atoms with Gasteiger partial charge in [-0.3, -0.25) is 4.79 Å². The van der Waals surface area contributed by atoms with Gasteiger partial charge >= 0.3 is 0 Å². The molecule has 0 saturated carbocycles. The van der Waals surface area contributed by atoms with Crippen molar-refractivity contribution in [3.63, 3.8) is 0 Å². The molecule has 0 aromatic heterocycles. The molecule has 2 heterocycles. The van der Waals surface area contributed by atoms with Crippen molar-refractivity contribution < 1.29 is 13.2 Å². The predicted octanol–water partition coefficient (Wildman–Crippen LogP) is -0.0853. The Kier molecular flexibility index (Phi) is 5.04. The van der Waals surface area contributed by atoms with Crippen LogP contribution in [-0.4, -0.2) is 57.2 Å². The molecule has 2 atom stereocenters. The first-order valence-electron chi connectivity index (χ1n) is 7.34. The van der Waals surface area contributed by atoms with Gasteiger partial charge in [0.25, 0.3) is 0 Å². The summed E-state index contributed by atoms with van der Waals surface area (Å²) >= 11 is 0. The molecule has 2 N–H and O–H groups in total. The second-order valence-corrected chi connectivity index (χ2v) is 7.85. The minimum Gasteiger partial charge on any atom is -0.342 e. The van der Waals surface area contributed by atoms with E-state index in [-0.39, 0.29) is 17.9 Å². The number of piperidine rings is 2. The van der Waals surface area contributed by atoms with Crippen molar-refractivity contribution in [1.29, 1.82) is 0 Å². The van der Waals surface area contributed by atoms with Gasteiger partial charge in [-0.1, -0.05) is 0 Å². The lowest BCUT2D eigenvalue weighted by atomic mass is 9.91. The number of carbonyl (C=O) groups excluding carboxylic acids is 1. The van der Waals surface area contributed by atoms with E-state index in [2.05, 4.69) is 17.0 Å². The fraction of sp³-hybridized carbons (Fsp3) is 0.923. The lowest BCUT2D eigenvalue weighted by Gasteiger charge is -2.36. The van der Waals surface area contributed by atoms with Crippen molar-refractivity contribution in [1.82, 2.24) is 14.9 Å². The first kappa shape index (κ1) is 15.7. The first-order valence-corrected chi connectivity index (χ1v) is 9.24. The van der Waals surface area contributed by atoms with Crippen LogP contribution in [0.3, 0.4) is 0 Å². The van der Waals surface area contributed by atoms with E-state index < -0.39 is 10.0 Å². The molecule has 20 heavy (non-hydrogen) atoms. The zero-order chi connectivity index (χ0) is 14.8. The van der Waals surface area contributed by atoms with Gasteiger partial charge in [0.1, 0.15) is 0 Å². The molecule has 2 aliphatic heterocycles. The normalized spacial score (nSPS) is 29.4. The molecule has 2 rings (SSSR count). The summed E-state index contributed by atoms with van der Waals surface area (Å²) in [5, 5.41) is 3.36. The Balaban J connectivity index is 1.82. The molecule has 2 aliphatic rings. The highest BCUT2D eigenvalue weighted by atomic mass is 32.2. The Bertz CT molecular complexity index is 444. The van der Waals surface area contributed by atoms with Crippen molar-refractivity contribution in [3.05, 3.63) is 0 Å². The van der Waals surface area contributed by atoms with Crippen LogP contribution in [0.15, 0.2) is 0 Å². The highest BCUT2D eigenvalue weighted by Crippen LogP contribution is 2.21. The molecular formula is C13H25N3O3S. The Hall–Kier alpha value is -0.660. The summed E-state index contributed by atoms with van der Waals surface area (Å²) in [6.45, 7) is 4.33. The van der Waals surface area contributed by atoms with Crippen molar-refractivity contribution in [2.75, 3.05) is 25.9 Å². The standard InChI is InChI=1S/C13H25N3O3S/c1-10-9-11(3-6-14-10)13(17)16-7-4-12(5-8-16)15-20(2,18)19/h10-12,14-15H,3-9H2,1-2H3. The van der Waals surface area contributed by atoms with E-state index in [1.165, 1.54) is 6.26 Å². The van der Waals surface area contributed by atoms with Crippen LogP contribution in [0.25, 0.3) is 0 Å². The molecular weight excluding hydrogens is 278 g/mol. The molecule has 0 aromatic carbocycles. The number of sulfonamides is 1. The molecule has 1 amide bonds. The minimum absolute atomic E-state index is 0.0269. The number of likely N-dealkylation sites (tertiary alicyclic amines) is 1. The summed E-state index contributed by atoms with van der Waals surface area (Å²) in [4.78, 5) is 14.4. The van der Waals surface area contributed by atoms with Crippen molar-refractivity contribution >= 4 is 15.9 Å². The lowest BCUT2D eigenvalue weighted by Crippen LogP contribution is -2.49. The second kappa shape index (κ2) is 6.41. The third-order valence-corrected chi connectivity index (χ3v) is 4.92. The maximum atomic E-state index is 12.5. The van der Waals surface area contributed by atoms with Gasteiger partial charge < -0.3 is 10.2 Å². The largest absolute Gasteiger partial charge is 0.342 e. The Morgan fingerprint density at radius 2 is 1.90 bits per heavy atom. The van der Waals surface area contributed by atoms with E-state index in [1.807, 2.05) is 4.90 Å². The van der Waals surface area contributed by atoms with Crippen LogP contribution in [0.5, 0.6) is 0 Å². The summed E-state index contributed by atoms with van der Waals surface area (Å²) in [6, 6.07) is 0.378. The summed E-state index contributed by atoms with van der Waals surface area (Å²) in [6.07, 6.45) is 4.41. The average Bonchev–Trinajstić information content (AvgIpc) is 2.37. The molecule has 116 valence electrons. The highest BCUT2D eigenvalue weighted by molar-refractivity contribution is 7.88. The topological polar surface area (TPSA) is 78.5 Å². The van der Waals surface area contributed by atoms with Crippen molar-refractivity contribution in [3.8, 4) is 0 Å². The van der Waals surface area contributed by atoms with E-state index in [9.17, 15) is 13.2 Å². The number of rotatable bonds is 3. The lowest BCUT2D eigenvalue weighted by molar-refractivity contribution is -0.137. The minimum atomic E-state index is -3.15. The number of nitrogens with zero attached hydrogens (tertiary/aromatic N) is 1. The van der Waals surface area contributed by atoms with Crippen LogP contribution < -0.4 is 10.0 Å². The number of carbonyl (C=O) groups is 1. The van der Waals surface area contributed by atoms with Crippen LogP contribution in [0.1, 0.15) is 32.6 Å². The predicted molar refractivity (Wildman–Crippen MR) is 77.8 cm³/mol. The smallest absolute Gasteiger partial charge is 0.225 e. The molecule has 0 radical (unpaired) electrons. The third kappa shape index (κ3) is 4.43. The summed E-state index contributed by atoms with van der Waals surface area (Å²) < 4.78 is 25.0. The van der Waals surface area contributed by atoms with Crippen LogP contribution in [0.2, 0.25) is 0 Å². The molecule has 7 heteroatoms. The van der Waals surface area contributed by atoms with Gasteiger partial charge in [-0.05, 0) is 39.2 Å². The van der Waals surface area contributed by atoms with Crippen molar-refractivity contribution in [2.24, 2.45) is 5.92 Å². The molecule has 2 unspecified atom stereocenters. The maximum absolute atomic E-state index is 12.5. The van der Waals surface area contributed by atoms with Crippen LogP contribution in [0.4, 0.5) is 0 Å². The molecule has 0 aromatic rings. The van der Waals surface area contributed by atoms with Crippen LogP contribution in [0, 0.1) is 5.92 Å². The zero-order valence-electron chi connectivity index (χ0n) is 12.3. The monoisotopic (exact) mass is 303 g/mol. The van der Waals surface area contributed by atoms with Gasteiger partial charge in [0.15, 0.2) is 0 Å². The second-order valence-electron chi connectivity index (χ2n) is 6.07. The van der Waals surface area contributed by atoms with Gasteiger partial charge in [0.2, 0.25) is 15.9 Å². The summed E-state index contributed by atoms with van der Waals surface area (Å²) in [5.41, 5.74) is 0. The summed E-state index contributed by atoms with van der Waals surface area (Å²) in [5.74, 6) is 0.377. The fourth-order valence-corrected chi connectivity index (χ4v) is 3.98. The first-order chi connectivity index (χ1) is 9.35. The Morgan fingerprint density at radius 3 is 2.45 bits per heavy atom. The zero-order valence-corrected chi connectivity index (χ0v) is 13.1. The molecule has 2 saturated heterocycles. The van der Waals surface area contributed by atoms with Gasteiger partial charge in [0, 0.05) is 31.1 Å². The number of nitrogens with one attached hydrogen (secondary N) is 2. The van der Waals surface area contributed by atoms with Gasteiger partial charge in [-0.25, -0.2) is 13.1 Å². The van der Waals surface area contributed by atoms with Crippen LogP contribution >= 0.6 is 0 Å². The molecule has 2 fully saturated rings. The SMILES string of the molecule is CC1CC(C(=O)N2CCC(NS(C)(=O)=O)CC2)CCN1. The maximum Gasteiger partial charge on any atom is 0.225 e. The number of hydrogen-bond donors (Lipinski definition) is 2. The third-order valence-electron chi connectivity index (χ3n) is 4.16. The molecule has 0 bridgehead atoms. The van der Waals surface area contributed by atoms with Crippen LogP contribution in [-0.2, 0) is 14.8 Å². The molecule has 0 aliphatic carbocycles. The fourth-order valence-electron chi connectivity index (χ4n) is 3.13. The van der Waals surface area contributed by atoms with Gasteiger partial charge in [-0.2, -0.15) is 0 Å². The molecule has 0 spiro atoms. The van der Waals surface area contributed by atoms with E-state index in [1.54, 1.807) is 0 Å². The quantitative estimate of drug-likeness (QED) is 0.764. The average molecular weight is 303 g/mol. The van der Waals surface area contributed by atoms with E-state index >= 15 is 0 Å². The van der Waals surface area contributed by atoms with E-state index in [4.69, 9.17) is 0 Å². The highest BCUT2D eigenvalue weighted by Gasteiger charge is 2.31. The number of hydrogen-bond acceptors (Lipinski definition) is 4.